The standard InChI is InChI=1S/C17H20F3N3O2/c1-10(21-13(24)9-16(2,3)4)15-22-14(23-25-15)11-6-5-7-12(8-11)17(18,19)20/h5-8,10H,9H2,1-4H3,(H,21,24)/t10-/m0/s1. The van der Waals surface area contributed by atoms with E-state index < -0.39 is 17.8 Å². The van der Waals surface area contributed by atoms with Crippen molar-refractivity contribution in [2.45, 2.75) is 46.3 Å². The highest BCUT2D eigenvalue weighted by atomic mass is 19.4. The SMILES string of the molecule is C[C@H](NC(=O)CC(C)(C)C)c1nc(-c2cccc(C(F)(F)F)c2)no1. The molecule has 8 heteroatoms. The second kappa shape index (κ2) is 6.85. The zero-order valence-corrected chi connectivity index (χ0v) is 14.4. The highest BCUT2D eigenvalue weighted by Crippen LogP contribution is 2.31. The van der Waals surface area contributed by atoms with Crippen molar-refractivity contribution in [3.8, 4) is 11.4 Å². The van der Waals surface area contributed by atoms with Crippen LogP contribution in [0.5, 0.6) is 0 Å². The second-order valence-corrected chi connectivity index (χ2v) is 7.06. The number of amides is 1. The first kappa shape index (κ1) is 19.0. The van der Waals surface area contributed by atoms with Gasteiger partial charge >= 0.3 is 6.18 Å². The summed E-state index contributed by atoms with van der Waals surface area (Å²) in [6.45, 7) is 7.49. The number of hydrogen-bond acceptors (Lipinski definition) is 4. The van der Waals surface area contributed by atoms with Crippen LogP contribution in [0.1, 0.15) is 51.6 Å². The van der Waals surface area contributed by atoms with Gasteiger partial charge in [0.15, 0.2) is 0 Å². The Balaban J connectivity index is 2.13. The predicted octanol–water partition coefficient (Wildman–Crippen LogP) is 4.37. The highest BCUT2D eigenvalue weighted by Gasteiger charge is 2.31. The molecule has 0 bridgehead atoms. The van der Waals surface area contributed by atoms with Crippen molar-refractivity contribution in [1.82, 2.24) is 15.5 Å². The van der Waals surface area contributed by atoms with Crippen LogP contribution in [0, 0.1) is 5.41 Å². The summed E-state index contributed by atoms with van der Waals surface area (Å²) in [6.07, 6.45) is -4.12. The lowest BCUT2D eigenvalue weighted by molar-refractivity contribution is -0.137. The first-order valence-electron chi connectivity index (χ1n) is 7.76. The average molecular weight is 355 g/mol. The molecule has 0 aliphatic heterocycles. The summed E-state index contributed by atoms with van der Waals surface area (Å²) in [6, 6.07) is 4.13. The van der Waals surface area contributed by atoms with E-state index in [0.29, 0.717) is 6.42 Å². The van der Waals surface area contributed by atoms with Crippen LogP contribution < -0.4 is 5.32 Å². The molecule has 136 valence electrons. The van der Waals surface area contributed by atoms with Gasteiger partial charge in [-0.05, 0) is 24.5 Å². The van der Waals surface area contributed by atoms with Crippen LogP contribution in [-0.2, 0) is 11.0 Å². The Hall–Kier alpha value is -2.38. The molecule has 1 atom stereocenters. The zero-order valence-electron chi connectivity index (χ0n) is 14.4. The lowest BCUT2D eigenvalue weighted by Crippen LogP contribution is -2.30. The van der Waals surface area contributed by atoms with E-state index in [2.05, 4.69) is 15.5 Å². The Morgan fingerprint density at radius 3 is 2.56 bits per heavy atom. The zero-order chi connectivity index (χ0) is 18.8. The molecule has 0 fully saturated rings. The Morgan fingerprint density at radius 2 is 1.96 bits per heavy atom. The molecule has 0 aliphatic rings. The summed E-state index contributed by atoms with van der Waals surface area (Å²) < 4.78 is 43.4. The molecule has 1 aromatic heterocycles. The number of hydrogen-bond donors (Lipinski definition) is 1. The second-order valence-electron chi connectivity index (χ2n) is 7.06. The number of nitrogens with one attached hydrogen (secondary N) is 1. The summed E-state index contributed by atoms with van der Waals surface area (Å²) in [4.78, 5) is 16.0. The monoisotopic (exact) mass is 355 g/mol. The fourth-order valence-electron chi connectivity index (χ4n) is 2.20. The maximum absolute atomic E-state index is 12.8. The molecule has 1 N–H and O–H groups in total. The number of alkyl halides is 3. The predicted molar refractivity (Wildman–Crippen MR) is 85.4 cm³/mol. The van der Waals surface area contributed by atoms with E-state index in [1.54, 1.807) is 6.92 Å². The Bertz CT molecular complexity index is 748. The highest BCUT2D eigenvalue weighted by molar-refractivity contribution is 5.76. The molecule has 0 radical (unpaired) electrons. The van der Waals surface area contributed by atoms with Crippen molar-refractivity contribution in [3.05, 3.63) is 35.7 Å². The first-order valence-corrected chi connectivity index (χ1v) is 7.76. The van der Waals surface area contributed by atoms with E-state index in [4.69, 9.17) is 4.52 Å². The van der Waals surface area contributed by atoms with E-state index in [1.807, 2.05) is 20.8 Å². The number of carbonyl (C=O) groups is 1. The molecule has 0 spiro atoms. The normalized spacial score (nSPS) is 13.6. The lowest BCUT2D eigenvalue weighted by Gasteiger charge is -2.18. The van der Waals surface area contributed by atoms with E-state index in [-0.39, 0.29) is 28.6 Å². The van der Waals surface area contributed by atoms with E-state index in [1.165, 1.54) is 12.1 Å². The molecule has 5 nitrogen and oxygen atoms in total. The minimum atomic E-state index is -4.45. The number of halogens is 3. The van der Waals surface area contributed by atoms with Crippen LogP contribution in [0.4, 0.5) is 13.2 Å². The van der Waals surface area contributed by atoms with Gasteiger partial charge in [-0.1, -0.05) is 38.1 Å². The third-order valence-corrected chi connectivity index (χ3v) is 3.33. The topological polar surface area (TPSA) is 68.0 Å². The molecule has 0 aliphatic carbocycles. The van der Waals surface area contributed by atoms with Crippen molar-refractivity contribution >= 4 is 5.91 Å². The van der Waals surface area contributed by atoms with Gasteiger partial charge in [0, 0.05) is 12.0 Å². The summed E-state index contributed by atoms with van der Waals surface area (Å²) in [5.74, 6) is 0.00603. The molecule has 1 heterocycles. The minimum Gasteiger partial charge on any atom is -0.345 e. The summed E-state index contributed by atoms with van der Waals surface area (Å²) in [5.41, 5.74) is -0.761. The van der Waals surface area contributed by atoms with Gasteiger partial charge in [-0.2, -0.15) is 18.2 Å². The van der Waals surface area contributed by atoms with Crippen LogP contribution in [0.2, 0.25) is 0 Å². The van der Waals surface area contributed by atoms with Gasteiger partial charge in [0.1, 0.15) is 6.04 Å². The minimum absolute atomic E-state index is 0.0398. The third kappa shape index (κ3) is 5.30. The molecule has 1 amide bonds. The summed E-state index contributed by atoms with van der Waals surface area (Å²) in [5, 5.41) is 6.45. The summed E-state index contributed by atoms with van der Waals surface area (Å²) >= 11 is 0. The maximum Gasteiger partial charge on any atom is 0.416 e. The quantitative estimate of drug-likeness (QED) is 0.884. The van der Waals surface area contributed by atoms with Crippen LogP contribution in [0.3, 0.4) is 0 Å². The molecule has 0 saturated carbocycles. The number of rotatable bonds is 4. The van der Waals surface area contributed by atoms with Gasteiger partial charge < -0.3 is 9.84 Å². The lowest BCUT2D eigenvalue weighted by atomic mass is 9.92. The molecular weight excluding hydrogens is 335 g/mol. The van der Waals surface area contributed by atoms with Gasteiger partial charge in [0.2, 0.25) is 17.6 Å². The van der Waals surface area contributed by atoms with Crippen molar-refractivity contribution in [2.24, 2.45) is 5.41 Å². The average Bonchev–Trinajstić information content (AvgIpc) is 2.94. The number of benzene rings is 1. The van der Waals surface area contributed by atoms with E-state index in [0.717, 1.165) is 12.1 Å². The van der Waals surface area contributed by atoms with Crippen molar-refractivity contribution < 1.29 is 22.5 Å². The smallest absolute Gasteiger partial charge is 0.345 e. The Labute approximate surface area is 143 Å². The summed E-state index contributed by atoms with van der Waals surface area (Å²) in [7, 11) is 0. The van der Waals surface area contributed by atoms with Gasteiger partial charge in [0.05, 0.1) is 5.56 Å². The number of carbonyl (C=O) groups excluding carboxylic acids is 1. The molecule has 2 rings (SSSR count). The van der Waals surface area contributed by atoms with Crippen molar-refractivity contribution in [1.29, 1.82) is 0 Å². The Kier molecular flexibility index (Phi) is 5.20. The molecule has 2 aromatic rings. The molecular formula is C17H20F3N3O2. The Morgan fingerprint density at radius 1 is 1.28 bits per heavy atom. The van der Waals surface area contributed by atoms with Crippen LogP contribution >= 0.6 is 0 Å². The van der Waals surface area contributed by atoms with Crippen LogP contribution in [0.15, 0.2) is 28.8 Å². The van der Waals surface area contributed by atoms with Gasteiger partial charge in [-0.3, -0.25) is 4.79 Å². The van der Waals surface area contributed by atoms with E-state index in [9.17, 15) is 18.0 Å². The number of nitrogens with zero attached hydrogens (tertiary/aromatic N) is 2. The fraction of sp³-hybridized carbons (Fsp3) is 0.471. The maximum atomic E-state index is 12.8. The van der Waals surface area contributed by atoms with Crippen molar-refractivity contribution in [3.63, 3.8) is 0 Å². The molecule has 0 saturated heterocycles. The van der Waals surface area contributed by atoms with E-state index >= 15 is 0 Å². The molecule has 0 unspecified atom stereocenters. The van der Waals surface area contributed by atoms with Crippen LogP contribution in [-0.4, -0.2) is 16.0 Å². The largest absolute Gasteiger partial charge is 0.416 e. The van der Waals surface area contributed by atoms with Gasteiger partial charge in [-0.15, -0.1) is 0 Å². The number of aromatic nitrogens is 2. The third-order valence-electron chi connectivity index (χ3n) is 3.33. The fourth-order valence-corrected chi connectivity index (χ4v) is 2.20. The van der Waals surface area contributed by atoms with Crippen molar-refractivity contribution in [2.75, 3.05) is 0 Å². The van der Waals surface area contributed by atoms with Gasteiger partial charge in [0.25, 0.3) is 0 Å². The van der Waals surface area contributed by atoms with Crippen LogP contribution in [0.25, 0.3) is 11.4 Å². The first-order chi connectivity index (χ1) is 11.5. The molecule has 25 heavy (non-hydrogen) atoms. The molecule has 1 aromatic carbocycles. The van der Waals surface area contributed by atoms with Gasteiger partial charge in [-0.25, -0.2) is 0 Å².